The molecule has 0 atom stereocenters. The second-order valence-corrected chi connectivity index (χ2v) is 14.3. The number of nitrogens with zero attached hydrogens (tertiary/aromatic N) is 4. The van der Waals surface area contributed by atoms with Crippen LogP contribution in [0.3, 0.4) is 0 Å². The molecule has 1 aromatic heterocycles. The van der Waals surface area contributed by atoms with Crippen molar-refractivity contribution in [1.29, 1.82) is 5.26 Å². The number of benzene rings is 8. The monoisotopic (exact) mass is 726 g/mol. The fraction of sp³-hybridized carbons (Fsp3) is 0.0189. The number of rotatable bonds is 7. The molecular weight excluding hydrogens is 693 g/mol. The standard InChI is InChI=1S/C53H34N4/c54-35-36-24-30-46-47-34-42(29-31-48(47)53(49(46)32-36,44-20-9-3-10-21-44)45-22-11-4-12-23-45)41-18-13-19-43(33-41)52-56-50(39-16-7-2-8-17-39)55-51(57-52)40-27-25-38(26-28-40)37-14-5-1-6-15-37/h1-34H. The Hall–Kier alpha value is -7.74. The van der Waals surface area contributed by atoms with Crippen LogP contribution in [0.4, 0.5) is 0 Å². The minimum absolute atomic E-state index is 0.588. The highest BCUT2D eigenvalue weighted by Crippen LogP contribution is 2.57. The van der Waals surface area contributed by atoms with E-state index in [9.17, 15) is 5.26 Å². The number of fused-ring (bicyclic) bond motifs is 3. The first kappa shape index (κ1) is 33.8. The van der Waals surface area contributed by atoms with Crippen LogP contribution in [-0.2, 0) is 5.41 Å². The Morgan fingerprint density at radius 2 is 0.789 bits per heavy atom. The predicted molar refractivity (Wildman–Crippen MR) is 229 cm³/mol. The summed E-state index contributed by atoms with van der Waals surface area (Å²) in [5.74, 6) is 1.85. The van der Waals surface area contributed by atoms with E-state index in [4.69, 9.17) is 15.0 Å². The number of hydrogen-bond donors (Lipinski definition) is 0. The molecule has 0 fully saturated rings. The topological polar surface area (TPSA) is 62.5 Å². The van der Waals surface area contributed by atoms with Gasteiger partial charge in [0.2, 0.25) is 0 Å². The lowest BCUT2D eigenvalue weighted by atomic mass is 9.67. The molecule has 0 bridgehead atoms. The molecule has 0 saturated carbocycles. The summed E-state index contributed by atoms with van der Waals surface area (Å²) in [5, 5.41) is 10.1. The van der Waals surface area contributed by atoms with Crippen LogP contribution in [0.5, 0.6) is 0 Å². The molecule has 0 amide bonds. The maximum absolute atomic E-state index is 10.1. The average Bonchev–Trinajstić information content (AvgIpc) is 3.59. The zero-order valence-electron chi connectivity index (χ0n) is 30.9. The molecule has 0 radical (unpaired) electrons. The van der Waals surface area contributed by atoms with Crippen molar-refractivity contribution in [3.8, 4) is 73.6 Å². The first-order chi connectivity index (χ1) is 28.2. The van der Waals surface area contributed by atoms with Gasteiger partial charge in [-0.25, -0.2) is 15.0 Å². The van der Waals surface area contributed by atoms with Crippen LogP contribution >= 0.6 is 0 Å². The summed E-state index contributed by atoms with van der Waals surface area (Å²) >= 11 is 0. The molecular formula is C53H34N4. The smallest absolute Gasteiger partial charge is 0.164 e. The van der Waals surface area contributed by atoms with E-state index in [0.29, 0.717) is 23.0 Å². The Bertz CT molecular complexity index is 2900. The second-order valence-electron chi connectivity index (χ2n) is 14.3. The van der Waals surface area contributed by atoms with Gasteiger partial charge in [-0.15, -0.1) is 0 Å². The highest BCUT2D eigenvalue weighted by atomic mass is 15.0. The molecule has 1 aliphatic carbocycles. The molecule has 57 heavy (non-hydrogen) atoms. The van der Waals surface area contributed by atoms with E-state index in [1.54, 1.807) is 0 Å². The van der Waals surface area contributed by atoms with Gasteiger partial charge in [0.15, 0.2) is 17.5 Å². The van der Waals surface area contributed by atoms with Crippen molar-refractivity contribution in [3.63, 3.8) is 0 Å². The molecule has 9 aromatic rings. The molecule has 0 spiro atoms. The van der Waals surface area contributed by atoms with Gasteiger partial charge in [0.05, 0.1) is 17.0 Å². The van der Waals surface area contributed by atoms with Crippen LogP contribution in [0.1, 0.15) is 27.8 Å². The summed E-state index contributed by atoms with van der Waals surface area (Å²) in [6.45, 7) is 0. The number of aromatic nitrogens is 3. The van der Waals surface area contributed by atoms with Gasteiger partial charge in [0, 0.05) is 16.7 Å². The quantitative estimate of drug-likeness (QED) is 0.164. The highest BCUT2D eigenvalue weighted by molar-refractivity contribution is 5.89. The summed E-state index contributed by atoms with van der Waals surface area (Å²) < 4.78 is 0. The Morgan fingerprint density at radius 1 is 0.333 bits per heavy atom. The van der Waals surface area contributed by atoms with Gasteiger partial charge in [0.25, 0.3) is 0 Å². The van der Waals surface area contributed by atoms with Crippen molar-refractivity contribution < 1.29 is 0 Å². The zero-order chi connectivity index (χ0) is 38.2. The Labute approximate surface area is 332 Å². The van der Waals surface area contributed by atoms with E-state index >= 15 is 0 Å². The molecule has 4 heteroatoms. The Kier molecular flexibility index (Phi) is 8.39. The van der Waals surface area contributed by atoms with Crippen LogP contribution in [-0.4, -0.2) is 15.0 Å². The maximum Gasteiger partial charge on any atom is 0.164 e. The van der Waals surface area contributed by atoms with Crippen molar-refractivity contribution >= 4 is 0 Å². The number of nitriles is 1. The largest absolute Gasteiger partial charge is 0.208 e. The maximum atomic E-state index is 10.1. The molecule has 0 saturated heterocycles. The Morgan fingerprint density at radius 3 is 1.40 bits per heavy atom. The molecule has 1 heterocycles. The van der Waals surface area contributed by atoms with Crippen molar-refractivity contribution in [2.24, 2.45) is 0 Å². The summed E-state index contributed by atoms with van der Waals surface area (Å²) in [4.78, 5) is 15.1. The van der Waals surface area contributed by atoms with Crippen LogP contribution in [0.15, 0.2) is 206 Å². The second kappa shape index (κ2) is 14.2. The van der Waals surface area contributed by atoms with Crippen molar-refractivity contribution in [2.45, 2.75) is 5.41 Å². The van der Waals surface area contributed by atoms with Crippen molar-refractivity contribution in [2.75, 3.05) is 0 Å². The molecule has 0 N–H and O–H groups in total. The van der Waals surface area contributed by atoms with Gasteiger partial charge in [-0.05, 0) is 79.9 Å². The third-order valence-corrected chi connectivity index (χ3v) is 11.1. The van der Waals surface area contributed by atoms with Gasteiger partial charge in [-0.2, -0.15) is 5.26 Å². The van der Waals surface area contributed by atoms with E-state index in [-0.39, 0.29) is 0 Å². The Balaban J connectivity index is 1.10. The van der Waals surface area contributed by atoms with E-state index in [2.05, 4.69) is 170 Å². The molecule has 8 aromatic carbocycles. The molecule has 10 rings (SSSR count). The van der Waals surface area contributed by atoms with E-state index in [1.807, 2.05) is 42.5 Å². The molecule has 4 nitrogen and oxygen atoms in total. The van der Waals surface area contributed by atoms with Crippen LogP contribution in [0.25, 0.3) is 67.5 Å². The van der Waals surface area contributed by atoms with E-state index < -0.39 is 5.41 Å². The summed E-state index contributed by atoms with van der Waals surface area (Å²) in [5.41, 5.74) is 14.1. The predicted octanol–water partition coefficient (Wildman–Crippen LogP) is 12.4. The fourth-order valence-electron chi connectivity index (χ4n) is 8.37. The third kappa shape index (κ3) is 5.90. The first-order valence-corrected chi connectivity index (χ1v) is 19.1. The van der Waals surface area contributed by atoms with Crippen LogP contribution in [0.2, 0.25) is 0 Å². The minimum atomic E-state index is -0.588. The van der Waals surface area contributed by atoms with Gasteiger partial charge < -0.3 is 0 Å². The van der Waals surface area contributed by atoms with E-state index in [0.717, 1.165) is 66.8 Å². The van der Waals surface area contributed by atoms with Gasteiger partial charge in [-0.3, -0.25) is 0 Å². The van der Waals surface area contributed by atoms with Crippen LogP contribution < -0.4 is 0 Å². The average molecular weight is 727 g/mol. The number of hydrogen-bond acceptors (Lipinski definition) is 4. The summed E-state index contributed by atoms with van der Waals surface area (Å²) in [7, 11) is 0. The van der Waals surface area contributed by atoms with Crippen LogP contribution in [0, 0.1) is 11.3 Å². The van der Waals surface area contributed by atoms with Gasteiger partial charge >= 0.3 is 0 Å². The summed E-state index contributed by atoms with van der Waals surface area (Å²) in [6.07, 6.45) is 0. The summed E-state index contributed by atoms with van der Waals surface area (Å²) in [6, 6.07) is 73.9. The minimum Gasteiger partial charge on any atom is -0.208 e. The third-order valence-electron chi connectivity index (χ3n) is 11.1. The zero-order valence-corrected chi connectivity index (χ0v) is 30.9. The molecule has 266 valence electrons. The molecule has 1 aliphatic rings. The lowest BCUT2D eigenvalue weighted by molar-refractivity contribution is 0.768. The SMILES string of the molecule is N#Cc1ccc2c(c1)C(c1ccccc1)(c1ccccc1)c1ccc(-c3cccc(-c4nc(-c5ccccc5)nc(-c5ccc(-c6ccccc6)cc5)n4)c3)cc1-2. The highest BCUT2D eigenvalue weighted by Gasteiger charge is 2.46. The first-order valence-electron chi connectivity index (χ1n) is 19.1. The fourth-order valence-corrected chi connectivity index (χ4v) is 8.37. The van der Waals surface area contributed by atoms with Crippen molar-refractivity contribution in [1.82, 2.24) is 15.0 Å². The van der Waals surface area contributed by atoms with Crippen molar-refractivity contribution in [3.05, 3.63) is 234 Å². The van der Waals surface area contributed by atoms with E-state index in [1.165, 1.54) is 5.56 Å². The molecule has 0 unspecified atom stereocenters. The van der Waals surface area contributed by atoms with Gasteiger partial charge in [0.1, 0.15) is 0 Å². The molecule has 0 aliphatic heterocycles. The lowest BCUT2D eigenvalue weighted by Crippen LogP contribution is -2.28. The lowest BCUT2D eigenvalue weighted by Gasteiger charge is -2.34. The normalized spacial score (nSPS) is 12.3. The van der Waals surface area contributed by atoms with Gasteiger partial charge in [-0.1, -0.05) is 182 Å².